The van der Waals surface area contributed by atoms with E-state index >= 15 is 0 Å². The molecule has 0 fully saturated rings. The summed E-state index contributed by atoms with van der Waals surface area (Å²) in [5.74, 6) is -0.476. The zero-order valence-electron chi connectivity index (χ0n) is 9.20. The Morgan fingerprint density at radius 2 is 2.29 bits per heavy atom. The molecule has 0 aliphatic rings. The number of carbonyl (C=O) groups excluding carboxylic acids is 2. The summed E-state index contributed by atoms with van der Waals surface area (Å²) in [7, 11) is 0. The Kier molecular flexibility index (Phi) is 5.41. The van der Waals surface area contributed by atoms with E-state index in [1.807, 2.05) is 0 Å². The van der Waals surface area contributed by atoms with Gasteiger partial charge in [0.15, 0.2) is 0 Å². The molecule has 2 amide bonds. The van der Waals surface area contributed by atoms with Gasteiger partial charge >= 0.3 is 12.0 Å². The van der Waals surface area contributed by atoms with Crippen LogP contribution in [0.3, 0.4) is 0 Å². The first-order chi connectivity index (χ1) is 8.13. The van der Waals surface area contributed by atoms with Crippen molar-refractivity contribution in [1.29, 1.82) is 0 Å². The van der Waals surface area contributed by atoms with E-state index in [-0.39, 0.29) is 13.2 Å². The van der Waals surface area contributed by atoms with Crippen LogP contribution in [0.4, 0.5) is 10.5 Å². The lowest BCUT2D eigenvalue weighted by atomic mass is 10.4. The molecule has 0 saturated carbocycles. The Hall–Kier alpha value is -1.63. The van der Waals surface area contributed by atoms with Gasteiger partial charge in [0.2, 0.25) is 0 Å². The number of ether oxygens (including phenoxy) is 1. The monoisotopic (exact) mass is 301 g/mol. The molecule has 1 aromatic rings. The van der Waals surface area contributed by atoms with Crippen molar-refractivity contribution in [2.24, 2.45) is 0 Å². The molecule has 6 nitrogen and oxygen atoms in total. The second-order valence-corrected chi connectivity index (χ2v) is 3.82. The van der Waals surface area contributed by atoms with Crippen molar-refractivity contribution in [3.63, 3.8) is 0 Å². The highest BCUT2D eigenvalue weighted by Crippen LogP contribution is 2.19. The molecule has 0 aliphatic heterocycles. The topological polar surface area (TPSA) is 80.3 Å². The fourth-order valence-corrected chi connectivity index (χ4v) is 1.36. The number of aromatic nitrogens is 1. The van der Waals surface area contributed by atoms with Crippen LogP contribution >= 0.6 is 15.9 Å². The van der Waals surface area contributed by atoms with E-state index < -0.39 is 12.0 Å². The van der Waals surface area contributed by atoms with Crippen LogP contribution < -0.4 is 10.6 Å². The fraction of sp³-hybridized carbons (Fsp3) is 0.300. The van der Waals surface area contributed by atoms with Gasteiger partial charge < -0.3 is 15.4 Å². The molecule has 1 rings (SSSR count). The Morgan fingerprint density at radius 1 is 1.53 bits per heavy atom. The third-order valence-electron chi connectivity index (χ3n) is 1.72. The predicted molar refractivity (Wildman–Crippen MR) is 65.6 cm³/mol. The largest absolute Gasteiger partial charge is 0.465 e. The van der Waals surface area contributed by atoms with E-state index in [9.17, 15) is 9.59 Å². The molecule has 1 aromatic heterocycles. The van der Waals surface area contributed by atoms with Gasteiger partial charge in [-0.25, -0.2) is 4.79 Å². The lowest BCUT2D eigenvalue weighted by Gasteiger charge is -2.08. The zero-order chi connectivity index (χ0) is 12.7. The minimum absolute atomic E-state index is 0.164. The van der Waals surface area contributed by atoms with Gasteiger partial charge in [0.1, 0.15) is 6.54 Å². The van der Waals surface area contributed by atoms with Gasteiger partial charge in [-0.15, -0.1) is 0 Å². The van der Waals surface area contributed by atoms with Gasteiger partial charge in [-0.05, 0) is 28.9 Å². The summed E-state index contributed by atoms with van der Waals surface area (Å²) in [6.07, 6.45) is 3.10. The first-order valence-corrected chi connectivity index (χ1v) is 5.72. The number of halogens is 1. The Bertz CT molecular complexity index is 412. The van der Waals surface area contributed by atoms with Crippen LogP contribution in [0, 0.1) is 0 Å². The summed E-state index contributed by atoms with van der Waals surface area (Å²) in [5, 5.41) is 4.94. The summed E-state index contributed by atoms with van der Waals surface area (Å²) >= 11 is 3.23. The van der Waals surface area contributed by atoms with Crippen LogP contribution in [0.15, 0.2) is 22.9 Å². The molecular formula is C10H12BrN3O3. The number of pyridine rings is 1. The van der Waals surface area contributed by atoms with Gasteiger partial charge in [-0.2, -0.15) is 0 Å². The molecule has 0 aromatic carbocycles. The summed E-state index contributed by atoms with van der Waals surface area (Å²) in [5.41, 5.74) is 0.571. The Morgan fingerprint density at radius 3 is 2.94 bits per heavy atom. The quantitative estimate of drug-likeness (QED) is 0.827. The van der Waals surface area contributed by atoms with Crippen molar-refractivity contribution >= 4 is 33.6 Å². The summed E-state index contributed by atoms with van der Waals surface area (Å²) in [4.78, 5) is 26.2. The summed E-state index contributed by atoms with van der Waals surface area (Å²) in [6, 6.07) is 1.15. The number of hydrogen-bond donors (Lipinski definition) is 2. The number of urea groups is 1. The molecule has 1 heterocycles. The van der Waals surface area contributed by atoms with Gasteiger partial charge in [-0.3, -0.25) is 9.78 Å². The molecule has 2 N–H and O–H groups in total. The van der Waals surface area contributed by atoms with Crippen molar-refractivity contribution in [2.45, 2.75) is 6.92 Å². The van der Waals surface area contributed by atoms with Crippen molar-refractivity contribution in [3.05, 3.63) is 22.9 Å². The van der Waals surface area contributed by atoms with Crippen molar-refractivity contribution in [3.8, 4) is 0 Å². The molecule has 0 radical (unpaired) electrons. The van der Waals surface area contributed by atoms with Crippen LogP contribution in [-0.4, -0.2) is 30.1 Å². The fourth-order valence-electron chi connectivity index (χ4n) is 1.01. The van der Waals surface area contributed by atoms with Crippen molar-refractivity contribution in [1.82, 2.24) is 10.3 Å². The van der Waals surface area contributed by atoms with E-state index in [0.717, 1.165) is 0 Å². The number of amides is 2. The average molecular weight is 302 g/mol. The SMILES string of the molecule is CCOC(=O)CNC(=O)Nc1ccncc1Br. The zero-order valence-corrected chi connectivity index (χ0v) is 10.8. The van der Waals surface area contributed by atoms with Crippen LogP contribution in [0.1, 0.15) is 6.92 Å². The maximum atomic E-state index is 11.4. The second-order valence-electron chi connectivity index (χ2n) is 2.97. The molecule has 0 saturated heterocycles. The molecule has 0 unspecified atom stereocenters. The van der Waals surface area contributed by atoms with E-state index in [2.05, 4.69) is 36.3 Å². The molecule has 7 heteroatoms. The van der Waals surface area contributed by atoms with Crippen LogP contribution in [0.5, 0.6) is 0 Å². The first kappa shape index (κ1) is 13.4. The third-order valence-corrected chi connectivity index (χ3v) is 2.35. The number of hydrogen-bond acceptors (Lipinski definition) is 4. The Labute approximate surface area is 107 Å². The molecule has 0 spiro atoms. The maximum absolute atomic E-state index is 11.4. The molecule has 92 valence electrons. The minimum atomic E-state index is -0.482. The van der Waals surface area contributed by atoms with E-state index in [1.54, 1.807) is 25.4 Å². The van der Waals surface area contributed by atoms with Crippen molar-refractivity contribution < 1.29 is 14.3 Å². The van der Waals surface area contributed by atoms with Crippen molar-refractivity contribution in [2.75, 3.05) is 18.5 Å². The van der Waals surface area contributed by atoms with Crippen LogP contribution in [0.2, 0.25) is 0 Å². The molecule has 0 atom stereocenters. The molecule has 0 bridgehead atoms. The third kappa shape index (κ3) is 4.81. The van der Waals surface area contributed by atoms with Crippen LogP contribution in [-0.2, 0) is 9.53 Å². The molecule has 0 aliphatic carbocycles. The highest BCUT2D eigenvalue weighted by molar-refractivity contribution is 9.10. The number of esters is 1. The second kappa shape index (κ2) is 6.85. The lowest BCUT2D eigenvalue weighted by molar-refractivity contribution is -0.141. The number of anilines is 1. The standard InChI is InChI=1S/C10H12BrN3O3/c1-2-17-9(15)6-13-10(16)14-8-3-4-12-5-7(8)11/h3-5H,2,6H2,1H3,(H2,12,13,14,16). The number of rotatable bonds is 4. The molecule has 17 heavy (non-hydrogen) atoms. The number of nitrogens with zero attached hydrogens (tertiary/aromatic N) is 1. The smallest absolute Gasteiger partial charge is 0.325 e. The summed E-state index contributed by atoms with van der Waals surface area (Å²) in [6.45, 7) is 1.83. The van der Waals surface area contributed by atoms with Gasteiger partial charge in [0.05, 0.1) is 16.8 Å². The van der Waals surface area contributed by atoms with E-state index in [4.69, 9.17) is 0 Å². The van der Waals surface area contributed by atoms with Crippen LogP contribution in [0.25, 0.3) is 0 Å². The normalized spacial score (nSPS) is 9.53. The highest BCUT2D eigenvalue weighted by atomic mass is 79.9. The van der Waals surface area contributed by atoms with Gasteiger partial charge in [-0.1, -0.05) is 0 Å². The first-order valence-electron chi connectivity index (χ1n) is 4.93. The summed E-state index contributed by atoms with van der Waals surface area (Å²) < 4.78 is 5.32. The Balaban J connectivity index is 2.40. The minimum Gasteiger partial charge on any atom is -0.465 e. The number of nitrogens with one attached hydrogen (secondary N) is 2. The van der Waals surface area contributed by atoms with E-state index in [0.29, 0.717) is 10.2 Å². The lowest BCUT2D eigenvalue weighted by Crippen LogP contribution is -2.34. The average Bonchev–Trinajstić information content (AvgIpc) is 2.30. The predicted octanol–water partition coefficient (Wildman–Crippen LogP) is 1.53. The van der Waals surface area contributed by atoms with Gasteiger partial charge in [0, 0.05) is 12.4 Å². The maximum Gasteiger partial charge on any atom is 0.325 e. The van der Waals surface area contributed by atoms with E-state index in [1.165, 1.54) is 0 Å². The molecular weight excluding hydrogens is 290 g/mol. The van der Waals surface area contributed by atoms with Gasteiger partial charge in [0.25, 0.3) is 0 Å². The number of carbonyl (C=O) groups is 2. The highest BCUT2D eigenvalue weighted by Gasteiger charge is 2.07.